The number of ether oxygens (including phenoxy) is 1. The predicted octanol–water partition coefficient (Wildman–Crippen LogP) is 2.31. The average Bonchev–Trinajstić information content (AvgIpc) is 2.23. The normalized spacial score (nSPS) is 10.0. The number of hydrogen-bond acceptors (Lipinski definition) is 4. The van der Waals surface area contributed by atoms with Crippen molar-refractivity contribution in [3.8, 4) is 0 Å². The van der Waals surface area contributed by atoms with Gasteiger partial charge in [0.05, 0.1) is 12.0 Å². The van der Waals surface area contributed by atoms with Crippen LogP contribution in [0.2, 0.25) is 5.02 Å². The molecule has 0 fully saturated rings. The van der Waals surface area contributed by atoms with Crippen molar-refractivity contribution in [2.75, 3.05) is 7.11 Å². The molecular weight excluding hydrogens is 248 g/mol. The Balaban J connectivity index is 3.60. The van der Waals surface area contributed by atoms with E-state index in [0.717, 1.165) is 7.11 Å². The van der Waals surface area contributed by atoms with Gasteiger partial charge in [-0.25, -0.2) is 9.18 Å². The molecule has 0 saturated carbocycles. The van der Waals surface area contributed by atoms with Crippen molar-refractivity contribution in [1.82, 2.24) is 0 Å². The van der Waals surface area contributed by atoms with E-state index in [1.165, 1.54) is 0 Å². The van der Waals surface area contributed by atoms with Crippen LogP contribution in [0.15, 0.2) is 6.07 Å². The van der Waals surface area contributed by atoms with E-state index >= 15 is 0 Å². The highest BCUT2D eigenvalue weighted by Crippen LogP contribution is 2.31. The number of nitro groups is 1. The third kappa shape index (κ3) is 1.94. The quantitative estimate of drug-likeness (QED) is 0.350. The van der Waals surface area contributed by atoms with Crippen molar-refractivity contribution < 1.29 is 23.2 Å². The molecule has 0 bridgehead atoms. The average molecular weight is 252 g/mol. The van der Waals surface area contributed by atoms with Crippen LogP contribution >= 0.6 is 11.6 Å². The van der Waals surface area contributed by atoms with Crippen LogP contribution in [0.5, 0.6) is 0 Å². The van der Waals surface area contributed by atoms with E-state index in [4.69, 9.17) is 11.6 Å². The molecule has 0 atom stereocenters. The Morgan fingerprint density at radius 3 is 2.56 bits per heavy atom. The van der Waals surface area contributed by atoms with Crippen molar-refractivity contribution in [3.05, 3.63) is 38.4 Å². The van der Waals surface area contributed by atoms with Gasteiger partial charge in [-0.05, 0) is 6.07 Å². The minimum Gasteiger partial charge on any atom is -0.465 e. The number of rotatable bonds is 2. The number of esters is 1. The zero-order valence-electron chi connectivity index (χ0n) is 7.79. The highest BCUT2D eigenvalue weighted by atomic mass is 35.5. The van der Waals surface area contributed by atoms with Gasteiger partial charge in [0, 0.05) is 0 Å². The van der Waals surface area contributed by atoms with Gasteiger partial charge in [-0.3, -0.25) is 10.1 Å². The molecule has 0 saturated heterocycles. The molecule has 8 heteroatoms. The van der Waals surface area contributed by atoms with Crippen molar-refractivity contribution in [2.24, 2.45) is 0 Å². The van der Waals surface area contributed by atoms with E-state index in [1.807, 2.05) is 0 Å². The smallest absolute Gasteiger partial charge is 0.345 e. The molecule has 5 nitrogen and oxygen atoms in total. The molecule has 1 aromatic rings. The maximum Gasteiger partial charge on any atom is 0.345 e. The number of benzene rings is 1. The molecule has 0 aromatic heterocycles. The first-order chi connectivity index (χ1) is 7.40. The van der Waals surface area contributed by atoms with Crippen LogP contribution < -0.4 is 0 Å². The van der Waals surface area contributed by atoms with Gasteiger partial charge in [0.1, 0.15) is 16.4 Å². The van der Waals surface area contributed by atoms with Gasteiger partial charge in [-0.1, -0.05) is 11.6 Å². The van der Waals surface area contributed by atoms with Crippen molar-refractivity contribution >= 4 is 23.3 Å². The van der Waals surface area contributed by atoms with Crippen LogP contribution in [0.1, 0.15) is 10.4 Å². The van der Waals surface area contributed by atoms with Crippen LogP contribution in [-0.2, 0) is 4.74 Å². The fourth-order valence-electron chi connectivity index (χ4n) is 1.03. The van der Waals surface area contributed by atoms with Gasteiger partial charge in [0.15, 0.2) is 0 Å². The summed E-state index contributed by atoms with van der Waals surface area (Å²) in [6.45, 7) is 0. The molecule has 0 aliphatic heterocycles. The van der Waals surface area contributed by atoms with Gasteiger partial charge in [-0.2, -0.15) is 4.39 Å². The minimum atomic E-state index is -1.60. The first-order valence-electron chi connectivity index (χ1n) is 3.80. The Bertz CT molecular complexity index is 478. The topological polar surface area (TPSA) is 69.4 Å². The maximum absolute atomic E-state index is 13.2. The summed E-state index contributed by atoms with van der Waals surface area (Å²) in [5, 5.41) is 9.46. The maximum atomic E-state index is 13.2. The number of nitrogens with zero attached hydrogens (tertiary/aromatic N) is 1. The molecule has 0 heterocycles. The standard InChI is InChI=1S/C8H4ClF2NO4/c1-16-8(13)3-2-4(10)5(9)6(11)7(3)12(14)15/h2H,1H3. The van der Waals surface area contributed by atoms with Gasteiger partial charge in [0.2, 0.25) is 5.82 Å². The first kappa shape index (κ1) is 12.3. The fraction of sp³-hybridized carbons (Fsp3) is 0.125. The highest BCUT2D eigenvalue weighted by molar-refractivity contribution is 6.31. The highest BCUT2D eigenvalue weighted by Gasteiger charge is 2.30. The number of carbonyl (C=O) groups is 1. The molecule has 1 aromatic carbocycles. The van der Waals surface area contributed by atoms with Crippen LogP contribution in [0.25, 0.3) is 0 Å². The van der Waals surface area contributed by atoms with E-state index < -0.39 is 38.8 Å². The fourth-order valence-corrected chi connectivity index (χ4v) is 1.17. The molecule has 0 N–H and O–H groups in total. The lowest BCUT2D eigenvalue weighted by Gasteiger charge is -2.04. The lowest BCUT2D eigenvalue weighted by Crippen LogP contribution is -2.09. The zero-order valence-corrected chi connectivity index (χ0v) is 8.55. The van der Waals surface area contributed by atoms with Crippen LogP contribution in [0.3, 0.4) is 0 Å². The summed E-state index contributed by atoms with van der Waals surface area (Å²) < 4.78 is 30.4. The van der Waals surface area contributed by atoms with Gasteiger partial charge >= 0.3 is 11.7 Å². The number of halogens is 3. The second-order valence-electron chi connectivity index (χ2n) is 2.63. The number of carbonyl (C=O) groups excluding carboxylic acids is 1. The molecule has 0 aliphatic rings. The van der Waals surface area contributed by atoms with Crippen molar-refractivity contribution in [1.29, 1.82) is 0 Å². The third-order valence-electron chi connectivity index (χ3n) is 1.72. The third-order valence-corrected chi connectivity index (χ3v) is 2.07. The summed E-state index contributed by atoms with van der Waals surface area (Å²) >= 11 is 5.14. The predicted molar refractivity (Wildman–Crippen MR) is 49.4 cm³/mol. The molecule has 1 rings (SSSR count). The molecule has 0 radical (unpaired) electrons. The van der Waals surface area contributed by atoms with E-state index in [-0.39, 0.29) is 0 Å². The van der Waals surface area contributed by atoms with E-state index in [0.29, 0.717) is 6.07 Å². The van der Waals surface area contributed by atoms with E-state index in [9.17, 15) is 23.7 Å². The Morgan fingerprint density at radius 2 is 2.12 bits per heavy atom. The minimum absolute atomic E-state index is 0.454. The van der Waals surface area contributed by atoms with Crippen molar-refractivity contribution in [3.63, 3.8) is 0 Å². The summed E-state index contributed by atoms with van der Waals surface area (Å²) in [6, 6.07) is 0.454. The summed E-state index contributed by atoms with van der Waals surface area (Å²) in [4.78, 5) is 20.4. The lowest BCUT2D eigenvalue weighted by atomic mass is 10.1. The summed E-state index contributed by atoms with van der Waals surface area (Å²) in [6.07, 6.45) is 0. The Hall–Kier alpha value is -1.76. The second-order valence-corrected chi connectivity index (χ2v) is 3.01. The number of methoxy groups -OCH3 is 1. The van der Waals surface area contributed by atoms with Gasteiger partial charge in [0.25, 0.3) is 0 Å². The summed E-state index contributed by atoms with van der Waals surface area (Å²) in [7, 11) is 0.927. The van der Waals surface area contributed by atoms with Crippen LogP contribution in [0.4, 0.5) is 14.5 Å². The molecule has 0 amide bonds. The SMILES string of the molecule is COC(=O)c1cc(F)c(Cl)c(F)c1[N+](=O)[O-]. The Labute approximate surface area is 92.7 Å². The molecule has 16 heavy (non-hydrogen) atoms. The van der Waals surface area contributed by atoms with Crippen LogP contribution in [0, 0.1) is 21.7 Å². The second kappa shape index (κ2) is 4.40. The number of nitro benzene ring substituents is 1. The zero-order chi connectivity index (χ0) is 12.5. The van der Waals surface area contributed by atoms with Gasteiger partial charge < -0.3 is 4.74 Å². The summed E-state index contributed by atoms with van der Waals surface area (Å²) in [5.41, 5.74) is -2.04. The van der Waals surface area contributed by atoms with Gasteiger partial charge in [-0.15, -0.1) is 0 Å². The first-order valence-corrected chi connectivity index (χ1v) is 4.18. The molecule has 86 valence electrons. The monoisotopic (exact) mass is 251 g/mol. The Kier molecular flexibility index (Phi) is 3.38. The molecular formula is C8H4ClF2NO4. The Morgan fingerprint density at radius 1 is 1.56 bits per heavy atom. The van der Waals surface area contributed by atoms with E-state index in [2.05, 4.69) is 4.74 Å². The molecule has 0 unspecified atom stereocenters. The van der Waals surface area contributed by atoms with E-state index in [1.54, 1.807) is 0 Å². The van der Waals surface area contributed by atoms with Crippen molar-refractivity contribution in [2.45, 2.75) is 0 Å². The molecule has 0 spiro atoms. The largest absolute Gasteiger partial charge is 0.465 e. The lowest BCUT2D eigenvalue weighted by molar-refractivity contribution is -0.387. The molecule has 0 aliphatic carbocycles. The number of hydrogen-bond donors (Lipinski definition) is 0. The van der Waals surface area contributed by atoms with Crippen LogP contribution in [-0.4, -0.2) is 18.0 Å². The summed E-state index contributed by atoms with van der Waals surface area (Å²) in [5.74, 6) is -4.10.